The number of benzene rings is 2. The Kier molecular flexibility index (Phi) is 8.77. The molecule has 6 nitrogen and oxygen atoms in total. The molecule has 2 aromatic rings. The SMILES string of the molecule is CCCc1cc(C(OCOC)(C(F)(F)F)C(F)(F)F)cc(CC)c1Oc1ccc([N+](=O)[O-])c(C)c1. The summed E-state index contributed by atoms with van der Waals surface area (Å²) in [5.74, 6) is 0.248. The summed E-state index contributed by atoms with van der Waals surface area (Å²) in [7, 11) is 0.917. The first kappa shape index (κ1) is 28.4. The van der Waals surface area contributed by atoms with Crippen LogP contribution >= 0.6 is 0 Å². The van der Waals surface area contributed by atoms with E-state index in [-0.39, 0.29) is 46.7 Å². The molecule has 0 radical (unpaired) electrons. The lowest BCUT2D eigenvalue weighted by Gasteiger charge is -2.37. The van der Waals surface area contributed by atoms with Gasteiger partial charge in [-0.25, -0.2) is 0 Å². The van der Waals surface area contributed by atoms with Gasteiger partial charge in [-0.3, -0.25) is 10.1 Å². The van der Waals surface area contributed by atoms with Crippen LogP contribution in [-0.4, -0.2) is 31.2 Å². The van der Waals surface area contributed by atoms with Crippen LogP contribution in [0.1, 0.15) is 42.5 Å². The minimum absolute atomic E-state index is 0.0436. The van der Waals surface area contributed by atoms with Crippen molar-refractivity contribution in [3.8, 4) is 11.5 Å². The Morgan fingerprint density at radius 2 is 1.57 bits per heavy atom. The maximum Gasteiger partial charge on any atom is 0.430 e. The van der Waals surface area contributed by atoms with Gasteiger partial charge in [0.25, 0.3) is 11.3 Å². The lowest BCUT2D eigenvalue weighted by Crippen LogP contribution is -2.56. The molecule has 0 saturated carbocycles. The Balaban J connectivity index is 2.76. The highest BCUT2D eigenvalue weighted by molar-refractivity contribution is 5.51. The Labute approximate surface area is 197 Å². The van der Waals surface area contributed by atoms with Gasteiger partial charge in [0.15, 0.2) is 0 Å². The minimum atomic E-state index is -5.85. The highest BCUT2D eigenvalue weighted by Crippen LogP contribution is 2.54. The van der Waals surface area contributed by atoms with Crippen LogP contribution < -0.4 is 4.74 Å². The molecule has 0 N–H and O–H groups in total. The zero-order chi connectivity index (χ0) is 26.6. The highest BCUT2D eigenvalue weighted by atomic mass is 19.4. The number of ether oxygens (including phenoxy) is 3. The number of rotatable bonds is 10. The summed E-state index contributed by atoms with van der Waals surface area (Å²) in [6.45, 7) is 3.50. The van der Waals surface area contributed by atoms with Crippen molar-refractivity contribution in [3.63, 3.8) is 0 Å². The lowest BCUT2D eigenvalue weighted by molar-refractivity contribution is -0.400. The molecular formula is C23H25F6NO5. The first-order valence-electron chi connectivity index (χ1n) is 10.6. The standard InChI is InChI=1S/C23H25F6NO5/c1-5-7-16-12-17(21(22(24,25)26,23(27,28)29)34-13-33-4)11-15(6-2)20(16)35-18-8-9-19(30(31)32)14(3)10-18/h8-12H,5-7,13H2,1-4H3. The normalized spacial score (nSPS) is 12.6. The van der Waals surface area contributed by atoms with Gasteiger partial charge in [0.2, 0.25) is 0 Å². The van der Waals surface area contributed by atoms with Gasteiger partial charge in [-0.05, 0) is 55.2 Å². The monoisotopic (exact) mass is 509 g/mol. The topological polar surface area (TPSA) is 70.8 Å². The Bertz CT molecular complexity index is 1040. The van der Waals surface area contributed by atoms with Crippen LogP contribution in [0.15, 0.2) is 30.3 Å². The molecule has 2 rings (SSSR count). The van der Waals surface area contributed by atoms with Crippen molar-refractivity contribution in [2.24, 2.45) is 0 Å². The quantitative estimate of drug-likeness (QED) is 0.147. The van der Waals surface area contributed by atoms with Crippen LogP contribution in [-0.2, 0) is 27.9 Å². The summed E-state index contributed by atoms with van der Waals surface area (Å²) < 4.78 is 98.9. The van der Waals surface area contributed by atoms with E-state index in [1.165, 1.54) is 25.1 Å². The van der Waals surface area contributed by atoms with Crippen molar-refractivity contribution in [2.45, 2.75) is 58.0 Å². The number of alkyl halides is 6. The fraction of sp³-hybridized carbons (Fsp3) is 0.478. The first-order valence-corrected chi connectivity index (χ1v) is 10.6. The predicted octanol–water partition coefficient (Wildman–Crippen LogP) is 7.15. The van der Waals surface area contributed by atoms with E-state index in [0.717, 1.165) is 19.2 Å². The summed E-state index contributed by atoms with van der Waals surface area (Å²) in [6.07, 6.45) is -11.2. The van der Waals surface area contributed by atoms with Gasteiger partial charge in [0.1, 0.15) is 18.3 Å². The van der Waals surface area contributed by atoms with Crippen molar-refractivity contribution >= 4 is 5.69 Å². The second-order valence-electron chi connectivity index (χ2n) is 7.76. The molecule has 0 heterocycles. The summed E-state index contributed by atoms with van der Waals surface area (Å²) in [4.78, 5) is 10.5. The average Bonchev–Trinajstić information content (AvgIpc) is 2.73. The number of hydrogen-bond donors (Lipinski definition) is 0. The minimum Gasteiger partial charge on any atom is -0.457 e. The number of hydrogen-bond acceptors (Lipinski definition) is 5. The Hall–Kier alpha value is -2.86. The van der Waals surface area contributed by atoms with Gasteiger partial charge in [-0.15, -0.1) is 0 Å². The molecule has 194 valence electrons. The van der Waals surface area contributed by atoms with Crippen molar-refractivity contribution < 1.29 is 45.5 Å². The molecule has 0 aliphatic rings. The number of methoxy groups -OCH3 is 1. The molecule has 0 bridgehead atoms. The molecule has 0 atom stereocenters. The van der Waals surface area contributed by atoms with E-state index in [0.29, 0.717) is 6.42 Å². The average molecular weight is 509 g/mol. The molecule has 0 amide bonds. The van der Waals surface area contributed by atoms with E-state index in [9.17, 15) is 36.5 Å². The van der Waals surface area contributed by atoms with E-state index in [4.69, 9.17) is 4.74 Å². The molecule has 0 aromatic heterocycles. The Morgan fingerprint density at radius 1 is 0.971 bits per heavy atom. The second-order valence-corrected chi connectivity index (χ2v) is 7.76. The smallest absolute Gasteiger partial charge is 0.430 e. The van der Waals surface area contributed by atoms with Crippen LogP contribution in [0.4, 0.5) is 32.0 Å². The van der Waals surface area contributed by atoms with Crippen LogP contribution in [0.5, 0.6) is 11.5 Å². The third kappa shape index (κ3) is 5.69. The molecule has 2 aromatic carbocycles. The van der Waals surface area contributed by atoms with Crippen LogP contribution in [0, 0.1) is 17.0 Å². The third-order valence-corrected chi connectivity index (χ3v) is 5.33. The van der Waals surface area contributed by atoms with Gasteiger partial charge in [0.05, 0.1) is 4.92 Å². The molecule has 35 heavy (non-hydrogen) atoms. The van der Waals surface area contributed by atoms with Crippen molar-refractivity contribution in [2.75, 3.05) is 13.9 Å². The summed E-state index contributed by atoms with van der Waals surface area (Å²) in [6, 6.07) is 5.45. The van der Waals surface area contributed by atoms with Crippen LogP contribution in [0.3, 0.4) is 0 Å². The van der Waals surface area contributed by atoms with E-state index in [2.05, 4.69) is 9.47 Å². The Morgan fingerprint density at radius 3 is 2.03 bits per heavy atom. The lowest BCUT2D eigenvalue weighted by atomic mass is 9.87. The number of aryl methyl sites for hydroxylation is 3. The maximum atomic E-state index is 14.0. The van der Waals surface area contributed by atoms with E-state index in [1.54, 1.807) is 13.8 Å². The first-order chi connectivity index (χ1) is 16.2. The predicted molar refractivity (Wildman–Crippen MR) is 114 cm³/mol. The van der Waals surface area contributed by atoms with Crippen LogP contribution in [0.2, 0.25) is 0 Å². The fourth-order valence-electron chi connectivity index (χ4n) is 3.70. The van der Waals surface area contributed by atoms with E-state index < -0.39 is 35.2 Å². The molecule has 0 saturated heterocycles. The zero-order valence-corrected chi connectivity index (χ0v) is 19.5. The third-order valence-electron chi connectivity index (χ3n) is 5.33. The zero-order valence-electron chi connectivity index (χ0n) is 19.5. The van der Waals surface area contributed by atoms with Gasteiger partial charge in [-0.1, -0.05) is 20.3 Å². The summed E-state index contributed by atoms with van der Waals surface area (Å²) >= 11 is 0. The summed E-state index contributed by atoms with van der Waals surface area (Å²) in [5.41, 5.74) is -5.45. The molecule has 0 aliphatic heterocycles. The van der Waals surface area contributed by atoms with Gasteiger partial charge in [-0.2, -0.15) is 26.3 Å². The van der Waals surface area contributed by atoms with Crippen molar-refractivity contribution in [1.29, 1.82) is 0 Å². The highest BCUT2D eigenvalue weighted by Gasteiger charge is 2.73. The number of nitrogens with zero attached hydrogens (tertiary/aromatic N) is 1. The molecule has 0 fully saturated rings. The van der Waals surface area contributed by atoms with Crippen molar-refractivity contribution in [3.05, 3.63) is 62.7 Å². The van der Waals surface area contributed by atoms with E-state index >= 15 is 0 Å². The largest absolute Gasteiger partial charge is 0.457 e. The van der Waals surface area contributed by atoms with Crippen LogP contribution in [0.25, 0.3) is 0 Å². The molecule has 0 spiro atoms. The van der Waals surface area contributed by atoms with E-state index in [1.807, 2.05) is 0 Å². The number of nitro benzene ring substituents is 1. The molecule has 0 unspecified atom stereocenters. The molecular weight excluding hydrogens is 484 g/mol. The molecule has 0 aliphatic carbocycles. The van der Waals surface area contributed by atoms with Gasteiger partial charge in [0, 0.05) is 24.3 Å². The van der Waals surface area contributed by atoms with Crippen molar-refractivity contribution in [1.82, 2.24) is 0 Å². The number of nitro groups is 1. The molecule has 12 heteroatoms. The maximum absolute atomic E-state index is 14.0. The fourth-order valence-corrected chi connectivity index (χ4v) is 3.70. The second kappa shape index (κ2) is 10.8. The number of halogens is 6. The summed E-state index contributed by atoms with van der Waals surface area (Å²) in [5, 5.41) is 11.1. The van der Waals surface area contributed by atoms with Gasteiger partial charge < -0.3 is 14.2 Å². The van der Waals surface area contributed by atoms with Gasteiger partial charge >= 0.3 is 12.4 Å².